The van der Waals surface area contributed by atoms with Gasteiger partial charge in [0.2, 0.25) is 0 Å². The summed E-state index contributed by atoms with van der Waals surface area (Å²) in [6.07, 6.45) is 1.17. The minimum Gasteiger partial charge on any atom is -0.357 e. The number of hydrogen-bond donors (Lipinski definition) is 2. The standard InChI is InChI=1S/C14H20N2/c1-4-7-15-11(3)14-9-12-8-10(2)5-6-13(12)16-14/h5-6,8-9,11,15-16H,4,7H2,1-3H3. The van der Waals surface area contributed by atoms with Gasteiger partial charge < -0.3 is 10.3 Å². The molecule has 0 saturated carbocycles. The summed E-state index contributed by atoms with van der Waals surface area (Å²) in [6.45, 7) is 7.59. The highest BCUT2D eigenvalue weighted by Crippen LogP contribution is 2.20. The fraction of sp³-hybridized carbons (Fsp3) is 0.429. The number of nitrogens with one attached hydrogen (secondary N) is 2. The van der Waals surface area contributed by atoms with Crippen molar-refractivity contribution < 1.29 is 0 Å². The lowest BCUT2D eigenvalue weighted by Crippen LogP contribution is -2.19. The molecule has 0 radical (unpaired) electrons. The van der Waals surface area contributed by atoms with Gasteiger partial charge in [-0.3, -0.25) is 0 Å². The Hall–Kier alpha value is -1.28. The van der Waals surface area contributed by atoms with Crippen LogP contribution in [-0.4, -0.2) is 11.5 Å². The predicted octanol–water partition coefficient (Wildman–Crippen LogP) is 3.54. The van der Waals surface area contributed by atoms with E-state index in [4.69, 9.17) is 0 Å². The van der Waals surface area contributed by atoms with E-state index in [9.17, 15) is 0 Å². The minimum absolute atomic E-state index is 0.396. The maximum atomic E-state index is 3.49. The first-order chi connectivity index (χ1) is 7.70. The average molecular weight is 216 g/mol. The third-order valence-corrected chi connectivity index (χ3v) is 2.96. The molecule has 0 aliphatic carbocycles. The van der Waals surface area contributed by atoms with E-state index in [0.717, 1.165) is 6.54 Å². The predicted molar refractivity (Wildman–Crippen MR) is 69.7 cm³/mol. The van der Waals surface area contributed by atoms with Crippen LogP contribution in [0.5, 0.6) is 0 Å². The Morgan fingerprint density at radius 1 is 1.31 bits per heavy atom. The van der Waals surface area contributed by atoms with Gasteiger partial charge in [0.05, 0.1) is 0 Å². The topological polar surface area (TPSA) is 27.8 Å². The second kappa shape index (κ2) is 4.71. The van der Waals surface area contributed by atoms with Crippen molar-refractivity contribution in [3.63, 3.8) is 0 Å². The average Bonchev–Trinajstić information content (AvgIpc) is 2.68. The zero-order valence-corrected chi connectivity index (χ0v) is 10.3. The second-order valence-electron chi connectivity index (χ2n) is 4.49. The van der Waals surface area contributed by atoms with Gasteiger partial charge in [-0.15, -0.1) is 0 Å². The van der Waals surface area contributed by atoms with Crippen molar-refractivity contribution >= 4 is 10.9 Å². The lowest BCUT2D eigenvalue weighted by Gasteiger charge is -2.10. The molecule has 16 heavy (non-hydrogen) atoms. The number of aromatic nitrogens is 1. The van der Waals surface area contributed by atoms with E-state index in [0.29, 0.717) is 6.04 Å². The van der Waals surface area contributed by atoms with Crippen molar-refractivity contribution in [3.05, 3.63) is 35.5 Å². The molecule has 0 fully saturated rings. The monoisotopic (exact) mass is 216 g/mol. The molecule has 2 heteroatoms. The molecule has 0 saturated heterocycles. The number of aryl methyl sites for hydroxylation is 1. The smallest absolute Gasteiger partial charge is 0.0456 e. The molecule has 1 unspecified atom stereocenters. The molecule has 0 amide bonds. The lowest BCUT2D eigenvalue weighted by atomic mass is 10.1. The second-order valence-corrected chi connectivity index (χ2v) is 4.49. The molecule has 1 aromatic carbocycles. The first kappa shape index (κ1) is 11.2. The van der Waals surface area contributed by atoms with E-state index >= 15 is 0 Å². The molecule has 0 aliphatic heterocycles. The van der Waals surface area contributed by atoms with Gasteiger partial charge in [-0.05, 0) is 50.4 Å². The van der Waals surface area contributed by atoms with E-state index in [1.165, 1.54) is 28.6 Å². The zero-order chi connectivity index (χ0) is 11.5. The summed E-state index contributed by atoms with van der Waals surface area (Å²) in [4.78, 5) is 3.47. The quantitative estimate of drug-likeness (QED) is 0.804. The van der Waals surface area contributed by atoms with Gasteiger partial charge >= 0.3 is 0 Å². The highest BCUT2D eigenvalue weighted by molar-refractivity contribution is 5.81. The van der Waals surface area contributed by atoms with Crippen LogP contribution >= 0.6 is 0 Å². The van der Waals surface area contributed by atoms with Crippen molar-refractivity contribution in [1.29, 1.82) is 0 Å². The molecule has 2 rings (SSSR count). The van der Waals surface area contributed by atoms with Crippen molar-refractivity contribution in [2.24, 2.45) is 0 Å². The van der Waals surface area contributed by atoms with Crippen LogP contribution in [0.25, 0.3) is 10.9 Å². The van der Waals surface area contributed by atoms with Crippen molar-refractivity contribution in [2.45, 2.75) is 33.2 Å². The first-order valence-corrected chi connectivity index (χ1v) is 6.03. The van der Waals surface area contributed by atoms with Gasteiger partial charge in [0.1, 0.15) is 0 Å². The Bertz CT molecular complexity index is 471. The maximum absolute atomic E-state index is 3.49. The number of aromatic amines is 1. The summed E-state index contributed by atoms with van der Waals surface area (Å²) in [6, 6.07) is 9.16. The Labute approximate surface area is 97.1 Å². The van der Waals surface area contributed by atoms with Gasteiger partial charge in [0, 0.05) is 17.3 Å². The van der Waals surface area contributed by atoms with Crippen molar-refractivity contribution in [3.8, 4) is 0 Å². The summed E-state index contributed by atoms with van der Waals surface area (Å²) >= 11 is 0. The molecule has 0 spiro atoms. The number of H-pyrrole nitrogens is 1. The highest BCUT2D eigenvalue weighted by atomic mass is 14.9. The molecule has 2 N–H and O–H groups in total. The van der Waals surface area contributed by atoms with E-state index < -0.39 is 0 Å². The molecule has 2 nitrogen and oxygen atoms in total. The number of benzene rings is 1. The fourth-order valence-electron chi connectivity index (χ4n) is 1.98. The maximum Gasteiger partial charge on any atom is 0.0456 e. The summed E-state index contributed by atoms with van der Waals surface area (Å²) in [7, 11) is 0. The summed E-state index contributed by atoms with van der Waals surface area (Å²) in [5.74, 6) is 0. The third kappa shape index (κ3) is 2.27. The summed E-state index contributed by atoms with van der Waals surface area (Å²) in [5, 5.41) is 4.80. The Morgan fingerprint density at radius 3 is 2.88 bits per heavy atom. The largest absolute Gasteiger partial charge is 0.357 e. The van der Waals surface area contributed by atoms with Crippen LogP contribution in [0.2, 0.25) is 0 Å². The van der Waals surface area contributed by atoms with Crippen molar-refractivity contribution in [1.82, 2.24) is 10.3 Å². The van der Waals surface area contributed by atoms with Crippen LogP contribution in [0.3, 0.4) is 0 Å². The Morgan fingerprint density at radius 2 is 2.12 bits per heavy atom. The SMILES string of the molecule is CCCNC(C)c1cc2cc(C)ccc2[nH]1. The van der Waals surface area contributed by atoms with Crippen LogP contribution in [0.4, 0.5) is 0 Å². The first-order valence-electron chi connectivity index (χ1n) is 6.03. The van der Waals surface area contributed by atoms with Gasteiger partial charge in [0.25, 0.3) is 0 Å². The molecule has 0 aliphatic rings. The zero-order valence-electron chi connectivity index (χ0n) is 10.3. The number of hydrogen-bond acceptors (Lipinski definition) is 1. The fourth-order valence-corrected chi connectivity index (χ4v) is 1.98. The van der Waals surface area contributed by atoms with E-state index in [2.05, 4.69) is 55.3 Å². The van der Waals surface area contributed by atoms with Crippen molar-refractivity contribution in [2.75, 3.05) is 6.54 Å². The minimum atomic E-state index is 0.396. The summed E-state index contributed by atoms with van der Waals surface area (Å²) in [5.41, 5.74) is 3.81. The van der Waals surface area contributed by atoms with Crippen LogP contribution in [0.1, 0.15) is 37.6 Å². The lowest BCUT2D eigenvalue weighted by molar-refractivity contribution is 0.561. The van der Waals surface area contributed by atoms with E-state index in [1.807, 2.05) is 0 Å². The third-order valence-electron chi connectivity index (χ3n) is 2.96. The van der Waals surface area contributed by atoms with Crippen LogP contribution in [0, 0.1) is 6.92 Å². The number of rotatable bonds is 4. The molecule has 1 aromatic heterocycles. The molecule has 86 valence electrons. The molecule has 1 heterocycles. The van der Waals surface area contributed by atoms with Gasteiger partial charge in [-0.1, -0.05) is 18.6 Å². The highest BCUT2D eigenvalue weighted by Gasteiger charge is 2.07. The van der Waals surface area contributed by atoms with Crippen LogP contribution < -0.4 is 5.32 Å². The molecule has 1 atom stereocenters. The van der Waals surface area contributed by atoms with Gasteiger partial charge in [0.15, 0.2) is 0 Å². The number of fused-ring (bicyclic) bond motifs is 1. The Kier molecular flexibility index (Phi) is 3.30. The molecule has 2 aromatic rings. The summed E-state index contributed by atoms with van der Waals surface area (Å²) < 4.78 is 0. The molecular weight excluding hydrogens is 196 g/mol. The van der Waals surface area contributed by atoms with E-state index in [1.54, 1.807) is 0 Å². The van der Waals surface area contributed by atoms with Crippen LogP contribution in [0.15, 0.2) is 24.3 Å². The van der Waals surface area contributed by atoms with Crippen LogP contribution in [-0.2, 0) is 0 Å². The van der Waals surface area contributed by atoms with Gasteiger partial charge in [-0.25, -0.2) is 0 Å². The van der Waals surface area contributed by atoms with Gasteiger partial charge in [-0.2, -0.15) is 0 Å². The normalized spacial score (nSPS) is 13.2. The molecule has 0 bridgehead atoms. The molecular formula is C14H20N2. The Balaban J connectivity index is 2.25. The van der Waals surface area contributed by atoms with E-state index in [-0.39, 0.29) is 0 Å².